The van der Waals surface area contributed by atoms with Crippen molar-refractivity contribution in [1.82, 2.24) is 9.97 Å². The second kappa shape index (κ2) is 6.73. The molecule has 124 valence electrons. The summed E-state index contributed by atoms with van der Waals surface area (Å²) in [5.41, 5.74) is 3.47. The maximum atomic E-state index is 13.0. The Morgan fingerprint density at radius 2 is 1.80 bits per heavy atom. The van der Waals surface area contributed by atoms with Crippen molar-refractivity contribution < 1.29 is 4.79 Å². The zero-order chi connectivity index (χ0) is 17.1. The molecule has 0 unspecified atom stereocenters. The van der Waals surface area contributed by atoms with E-state index in [-0.39, 0.29) is 5.91 Å². The van der Waals surface area contributed by atoms with Crippen LogP contribution in [0.1, 0.15) is 22.5 Å². The molecule has 0 fully saturated rings. The van der Waals surface area contributed by atoms with Crippen molar-refractivity contribution in [3.05, 3.63) is 78.1 Å². The van der Waals surface area contributed by atoms with Crippen LogP contribution in [0.5, 0.6) is 0 Å². The lowest BCUT2D eigenvalue weighted by Crippen LogP contribution is -2.36. The quantitative estimate of drug-likeness (QED) is 0.793. The Morgan fingerprint density at radius 1 is 1.00 bits per heavy atom. The Bertz CT molecular complexity index is 895. The minimum atomic E-state index is -0.0920. The number of hydrogen-bond acceptors (Lipinski definition) is 4. The number of carbonyl (C=O) groups is 1. The summed E-state index contributed by atoms with van der Waals surface area (Å²) in [7, 11) is 0. The van der Waals surface area contributed by atoms with Gasteiger partial charge in [-0.25, -0.2) is 9.97 Å². The molecule has 1 N–H and O–H groups in total. The van der Waals surface area contributed by atoms with Gasteiger partial charge in [-0.05, 0) is 42.7 Å². The molecule has 0 saturated heterocycles. The van der Waals surface area contributed by atoms with Gasteiger partial charge in [-0.3, -0.25) is 4.79 Å². The summed E-state index contributed by atoms with van der Waals surface area (Å²) in [4.78, 5) is 23.4. The summed E-state index contributed by atoms with van der Waals surface area (Å²) in [5.74, 6) is 0.327. The third-order valence-electron chi connectivity index (χ3n) is 4.26. The highest BCUT2D eigenvalue weighted by atomic mass is 16.2. The Kier molecular flexibility index (Phi) is 4.12. The minimum absolute atomic E-state index is 0.0920. The predicted octanol–water partition coefficient (Wildman–Crippen LogP) is 3.81. The maximum absolute atomic E-state index is 13.0. The van der Waals surface area contributed by atoms with Crippen molar-refractivity contribution >= 4 is 23.2 Å². The number of nitrogens with one attached hydrogen (secondary N) is 1. The number of para-hydroxylation sites is 2. The summed E-state index contributed by atoms with van der Waals surface area (Å²) in [6.45, 7) is 0.710. The number of benzene rings is 2. The van der Waals surface area contributed by atoms with E-state index in [0.717, 1.165) is 24.2 Å². The van der Waals surface area contributed by atoms with Gasteiger partial charge in [0.25, 0.3) is 5.91 Å². The van der Waals surface area contributed by atoms with E-state index in [1.165, 1.54) is 5.56 Å². The number of fused-ring (bicyclic) bond motifs is 1. The maximum Gasteiger partial charge on any atom is 0.277 e. The molecule has 0 radical (unpaired) electrons. The molecule has 4 rings (SSSR count). The predicted molar refractivity (Wildman–Crippen MR) is 98.2 cm³/mol. The molecule has 3 aromatic rings. The number of anilines is 3. The molecule has 1 aliphatic rings. The molecule has 0 saturated carbocycles. The highest BCUT2D eigenvalue weighted by molar-refractivity contribution is 6.05. The van der Waals surface area contributed by atoms with Gasteiger partial charge in [0.05, 0.1) is 0 Å². The number of nitrogens with zero attached hydrogens (tertiary/aromatic N) is 3. The van der Waals surface area contributed by atoms with E-state index in [2.05, 4.69) is 21.4 Å². The highest BCUT2D eigenvalue weighted by Crippen LogP contribution is 2.27. The lowest BCUT2D eigenvalue weighted by atomic mass is 10.0. The highest BCUT2D eigenvalue weighted by Gasteiger charge is 2.24. The van der Waals surface area contributed by atoms with E-state index in [9.17, 15) is 4.79 Å². The standard InChI is InChI=1S/C20H18N4O/c25-19(24-14-6-8-15-7-4-5-11-18(15)24)17-12-13-21-20(23-17)22-16-9-2-1-3-10-16/h1-5,7,9-13H,6,8,14H2,(H,21,22,23). The van der Waals surface area contributed by atoms with Gasteiger partial charge < -0.3 is 10.2 Å². The van der Waals surface area contributed by atoms with Gasteiger partial charge in [0.2, 0.25) is 5.95 Å². The van der Waals surface area contributed by atoms with E-state index in [1.807, 2.05) is 53.4 Å². The fraction of sp³-hybridized carbons (Fsp3) is 0.150. The number of rotatable bonds is 3. The van der Waals surface area contributed by atoms with Gasteiger partial charge in [0, 0.05) is 24.1 Å². The van der Waals surface area contributed by atoms with Crippen LogP contribution < -0.4 is 10.2 Å². The fourth-order valence-corrected chi connectivity index (χ4v) is 3.07. The van der Waals surface area contributed by atoms with Crippen LogP contribution >= 0.6 is 0 Å². The van der Waals surface area contributed by atoms with Crippen LogP contribution in [0, 0.1) is 0 Å². The van der Waals surface area contributed by atoms with Crippen LogP contribution in [-0.4, -0.2) is 22.4 Å². The molecule has 1 aromatic heterocycles. The van der Waals surface area contributed by atoms with Gasteiger partial charge in [-0.1, -0.05) is 36.4 Å². The topological polar surface area (TPSA) is 58.1 Å². The van der Waals surface area contributed by atoms with Gasteiger partial charge in [-0.15, -0.1) is 0 Å². The summed E-state index contributed by atoms with van der Waals surface area (Å²) in [6.07, 6.45) is 3.58. The van der Waals surface area contributed by atoms with Crippen molar-refractivity contribution in [2.45, 2.75) is 12.8 Å². The van der Waals surface area contributed by atoms with Crippen molar-refractivity contribution in [2.75, 3.05) is 16.8 Å². The zero-order valence-electron chi connectivity index (χ0n) is 13.7. The average molecular weight is 330 g/mol. The van der Waals surface area contributed by atoms with Crippen LogP contribution in [-0.2, 0) is 6.42 Å². The monoisotopic (exact) mass is 330 g/mol. The minimum Gasteiger partial charge on any atom is -0.324 e. The number of carbonyl (C=O) groups excluding carboxylic acids is 1. The van der Waals surface area contributed by atoms with Crippen LogP contribution in [0.15, 0.2) is 66.9 Å². The van der Waals surface area contributed by atoms with Crippen molar-refractivity contribution in [3.8, 4) is 0 Å². The van der Waals surface area contributed by atoms with Crippen molar-refractivity contribution in [1.29, 1.82) is 0 Å². The Balaban J connectivity index is 1.60. The van der Waals surface area contributed by atoms with Gasteiger partial charge in [-0.2, -0.15) is 0 Å². The molecule has 5 heteroatoms. The first-order valence-electron chi connectivity index (χ1n) is 8.36. The summed E-state index contributed by atoms with van der Waals surface area (Å²) in [6, 6.07) is 19.4. The van der Waals surface area contributed by atoms with Gasteiger partial charge in [0.1, 0.15) is 5.69 Å². The number of amides is 1. The molecule has 0 atom stereocenters. The molecule has 0 aliphatic carbocycles. The van der Waals surface area contributed by atoms with Gasteiger partial charge >= 0.3 is 0 Å². The van der Waals surface area contributed by atoms with E-state index in [1.54, 1.807) is 12.3 Å². The van der Waals surface area contributed by atoms with Gasteiger partial charge in [0.15, 0.2) is 0 Å². The van der Waals surface area contributed by atoms with Crippen molar-refractivity contribution in [2.24, 2.45) is 0 Å². The van der Waals surface area contributed by atoms with E-state index in [4.69, 9.17) is 0 Å². The molecule has 0 bridgehead atoms. The largest absolute Gasteiger partial charge is 0.324 e. The van der Waals surface area contributed by atoms with Crippen molar-refractivity contribution in [3.63, 3.8) is 0 Å². The second-order valence-corrected chi connectivity index (χ2v) is 5.95. The average Bonchev–Trinajstić information content (AvgIpc) is 2.68. The first-order valence-corrected chi connectivity index (χ1v) is 8.36. The summed E-state index contributed by atoms with van der Waals surface area (Å²) in [5, 5.41) is 3.13. The SMILES string of the molecule is O=C(c1ccnc(Nc2ccccc2)n1)N1CCCc2ccccc21. The molecule has 2 heterocycles. The van der Waals surface area contributed by atoms with E-state index in [0.29, 0.717) is 18.2 Å². The normalized spacial score (nSPS) is 13.2. The molecule has 0 spiro atoms. The second-order valence-electron chi connectivity index (χ2n) is 5.95. The first kappa shape index (κ1) is 15.3. The van der Waals surface area contributed by atoms with Crippen LogP contribution in [0.4, 0.5) is 17.3 Å². The Morgan fingerprint density at radius 3 is 2.68 bits per heavy atom. The van der Waals surface area contributed by atoms with Crippen LogP contribution in [0.25, 0.3) is 0 Å². The number of aryl methyl sites for hydroxylation is 1. The first-order chi connectivity index (χ1) is 12.3. The summed E-state index contributed by atoms with van der Waals surface area (Å²) < 4.78 is 0. The third-order valence-corrected chi connectivity index (χ3v) is 4.26. The molecule has 2 aromatic carbocycles. The lowest BCUT2D eigenvalue weighted by molar-refractivity contribution is 0.0980. The van der Waals surface area contributed by atoms with Crippen LogP contribution in [0.3, 0.4) is 0 Å². The third kappa shape index (κ3) is 3.21. The van der Waals surface area contributed by atoms with Crippen LogP contribution in [0.2, 0.25) is 0 Å². The Labute approximate surface area is 146 Å². The molecular weight excluding hydrogens is 312 g/mol. The zero-order valence-corrected chi connectivity index (χ0v) is 13.7. The molecule has 1 amide bonds. The fourth-order valence-electron chi connectivity index (χ4n) is 3.07. The summed E-state index contributed by atoms with van der Waals surface area (Å²) >= 11 is 0. The molecule has 1 aliphatic heterocycles. The molecular formula is C20H18N4O. The number of aromatic nitrogens is 2. The molecule has 25 heavy (non-hydrogen) atoms. The Hall–Kier alpha value is -3.21. The smallest absolute Gasteiger partial charge is 0.277 e. The van der Waals surface area contributed by atoms with E-state index >= 15 is 0 Å². The van der Waals surface area contributed by atoms with E-state index < -0.39 is 0 Å². The number of hydrogen-bond donors (Lipinski definition) is 1. The molecule has 5 nitrogen and oxygen atoms in total. The lowest BCUT2D eigenvalue weighted by Gasteiger charge is -2.29.